The number of sulfonamides is 1. The van der Waals surface area contributed by atoms with E-state index in [9.17, 15) is 13.2 Å². The molecule has 0 aliphatic rings. The lowest BCUT2D eigenvalue weighted by Crippen LogP contribution is -2.41. The minimum absolute atomic E-state index is 0.0980. The predicted octanol–water partition coefficient (Wildman–Crippen LogP) is 1.87. The standard InChI is InChI=1S/C18H22ClN3O3S/c1-20-11-12-21-18(23)14-22(13-15-5-3-2-4-6-15)26(24,25)17-9-7-16(19)8-10-17/h2-10,20H,11-14H2,1H3,(H,21,23). The van der Waals surface area contributed by atoms with Crippen LogP contribution in [0.1, 0.15) is 5.56 Å². The minimum atomic E-state index is -3.84. The summed E-state index contributed by atoms with van der Waals surface area (Å²) in [5.41, 5.74) is 0.799. The van der Waals surface area contributed by atoms with Gasteiger partial charge in [0, 0.05) is 24.7 Å². The second-order valence-electron chi connectivity index (χ2n) is 5.67. The van der Waals surface area contributed by atoms with E-state index < -0.39 is 10.0 Å². The van der Waals surface area contributed by atoms with Crippen molar-refractivity contribution in [3.05, 3.63) is 65.2 Å². The second-order valence-corrected chi connectivity index (χ2v) is 8.04. The number of nitrogens with one attached hydrogen (secondary N) is 2. The summed E-state index contributed by atoms with van der Waals surface area (Å²) in [7, 11) is -2.07. The Kier molecular flexibility index (Phi) is 7.59. The molecule has 140 valence electrons. The molecule has 0 aromatic heterocycles. The molecule has 0 atom stereocenters. The Morgan fingerprint density at radius 3 is 2.31 bits per heavy atom. The average Bonchev–Trinajstić information content (AvgIpc) is 2.62. The van der Waals surface area contributed by atoms with Gasteiger partial charge >= 0.3 is 0 Å². The number of hydrogen-bond acceptors (Lipinski definition) is 4. The number of rotatable bonds is 9. The van der Waals surface area contributed by atoms with Crippen LogP contribution in [0.3, 0.4) is 0 Å². The van der Waals surface area contributed by atoms with Crippen molar-refractivity contribution in [2.45, 2.75) is 11.4 Å². The van der Waals surface area contributed by atoms with Gasteiger partial charge in [-0.2, -0.15) is 4.31 Å². The highest BCUT2D eigenvalue weighted by atomic mass is 35.5. The lowest BCUT2D eigenvalue weighted by Gasteiger charge is -2.22. The van der Waals surface area contributed by atoms with Crippen molar-refractivity contribution in [1.82, 2.24) is 14.9 Å². The van der Waals surface area contributed by atoms with E-state index >= 15 is 0 Å². The molecule has 0 aliphatic heterocycles. The lowest BCUT2D eigenvalue weighted by molar-refractivity contribution is -0.121. The summed E-state index contributed by atoms with van der Waals surface area (Å²) in [4.78, 5) is 12.3. The van der Waals surface area contributed by atoms with Gasteiger partial charge in [0.05, 0.1) is 11.4 Å². The summed E-state index contributed by atoms with van der Waals surface area (Å²) in [6.07, 6.45) is 0. The molecule has 2 N–H and O–H groups in total. The van der Waals surface area contributed by atoms with Crippen molar-refractivity contribution in [2.24, 2.45) is 0 Å². The number of benzene rings is 2. The lowest BCUT2D eigenvalue weighted by atomic mass is 10.2. The molecular formula is C18H22ClN3O3S. The largest absolute Gasteiger partial charge is 0.354 e. The van der Waals surface area contributed by atoms with Crippen molar-refractivity contribution in [2.75, 3.05) is 26.7 Å². The molecule has 2 aromatic carbocycles. The molecule has 26 heavy (non-hydrogen) atoms. The number of carbonyl (C=O) groups is 1. The molecule has 0 bridgehead atoms. The third kappa shape index (κ3) is 5.81. The van der Waals surface area contributed by atoms with Crippen LogP contribution in [-0.2, 0) is 21.4 Å². The van der Waals surface area contributed by atoms with E-state index in [0.717, 1.165) is 5.56 Å². The van der Waals surface area contributed by atoms with Crippen LogP contribution < -0.4 is 10.6 Å². The van der Waals surface area contributed by atoms with Crippen LogP contribution >= 0.6 is 11.6 Å². The van der Waals surface area contributed by atoms with Crippen LogP contribution in [0.25, 0.3) is 0 Å². The van der Waals surface area contributed by atoms with E-state index in [-0.39, 0.29) is 23.9 Å². The topological polar surface area (TPSA) is 78.5 Å². The van der Waals surface area contributed by atoms with Crippen LogP contribution in [0.5, 0.6) is 0 Å². The summed E-state index contributed by atoms with van der Waals surface area (Å²) in [5.74, 6) is -0.353. The van der Waals surface area contributed by atoms with Crippen LogP contribution in [-0.4, -0.2) is 45.3 Å². The zero-order valence-electron chi connectivity index (χ0n) is 14.5. The molecule has 1 amide bonds. The Bertz CT molecular complexity index is 811. The third-order valence-corrected chi connectivity index (χ3v) is 5.73. The minimum Gasteiger partial charge on any atom is -0.354 e. The zero-order chi connectivity index (χ0) is 19.0. The van der Waals surface area contributed by atoms with Gasteiger partial charge in [0.25, 0.3) is 0 Å². The molecule has 0 unspecified atom stereocenters. The molecule has 8 heteroatoms. The highest BCUT2D eigenvalue weighted by Crippen LogP contribution is 2.20. The summed E-state index contributed by atoms with van der Waals surface area (Å²) >= 11 is 5.85. The SMILES string of the molecule is CNCCNC(=O)CN(Cc1ccccc1)S(=O)(=O)c1ccc(Cl)cc1. The fourth-order valence-electron chi connectivity index (χ4n) is 2.31. The van der Waals surface area contributed by atoms with E-state index in [1.165, 1.54) is 28.6 Å². The number of nitrogens with zero attached hydrogens (tertiary/aromatic N) is 1. The number of halogens is 1. The monoisotopic (exact) mass is 395 g/mol. The van der Waals surface area contributed by atoms with Crippen LogP contribution in [0.2, 0.25) is 5.02 Å². The number of amides is 1. The van der Waals surface area contributed by atoms with Gasteiger partial charge < -0.3 is 10.6 Å². The molecule has 0 aliphatic carbocycles. The molecule has 0 spiro atoms. The Labute approximate surface area is 159 Å². The summed E-state index contributed by atoms with van der Waals surface area (Å²) < 4.78 is 27.2. The molecule has 2 aromatic rings. The van der Waals surface area contributed by atoms with E-state index in [4.69, 9.17) is 11.6 Å². The molecule has 0 heterocycles. The van der Waals surface area contributed by atoms with Crippen LogP contribution in [0.4, 0.5) is 0 Å². The van der Waals surface area contributed by atoms with Crippen molar-refractivity contribution in [3.63, 3.8) is 0 Å². The smallest absolute Gasteiger partial charge is 0.243 e. The van der Waals surface area contributed by atoms with E-state index in [1.807, 2.05) is 30.3 Å². The quantitative estimate of drug-likeness (QED) is 0.635. The molecule has 6 nitrogen and oxygen atoms in total. The zero-order valence-corrected chi connectivity index (χ0v) is 16.1. The number of carbonyl (C=O) groups excluding carboxylic acids is 1. The Morgan fingerprint density at radius 1 is 1.04 bits per heavy atom. The van der Waals surface area contributed by atoms with Gasteiger partial charge in [-0.15, -0.1) is 0 Å². The maximum atomic E-state index is 13.0. The first-order chi connectivity index (χ1) is 12.4. The highest BCUT2D eigenvalue weighted by Gasteiger charge is 2.26. The van der Waals surface area contributed by atoms with Crippen LogP contribution in [0, 0.1) is 0 Å². The second kappa shape index (κ2) is 9.68. The summed E-state index contributed by atoms with van der Waals surface area (Å²) in [5, 5.41) is 6.07. The fraction of sp³-hybridized carbons (Fsp3) is 0.278. The van der Waals surface area contributed by atoms with E-state index in [2.05, 4.69) is 10.6 Å². The molecular weight excluding hydrogens is 374 g/mol. The van der Waals surface area contributed by atoms with Crippen LogP contribution in [0.15, 0.2) is 59.5 Å². The molecule has 2 rings (SSSR count). The Hall–Kier alpha value is -1.93. The predicted molar refractivity (Wildman–Crippen MR) is 102 cm³/mol. The van der Waals surface area contributed by atoms with Gasteiger partial charge in [0.2, 0.25) is 15.9 Å². The summed E-state index contributed by atoms with van der Waals surface area (Å²) in [6, 6.07) is 15.1. The third-order valence-electron chi connectivity index (χ3n) is 3.67. The van der Waals surface area contributed by atoms with Crippen molar-refractivity contribution in [3.8, 4) is 0 Å². The Morgan fingerprint density at radius 2 is 1.69 bits per heavy atom. The first-order valence-corrected chi connectivity index (χ1v) is 9.96. The van der Waals surface area contributed by atoms with Crippen molar-refractivity contribution in [1.29, 1.82) is 0 Å². The maximum Gasteiger partial charge on any atom is 0.243 e. The van der Waals surface area contributed by atoms with Crippen molar-refractivity contribution < 1.29 is 13.2 Å². The summed E-state index contributed by atoms with van der Waals surface area (Å²) in [6.45, 7) is 0.874. The van der Waals surface area contributed by atoms with Gasteiger partial charge in [-0.05, 0) is 36.9 Å². The number of likely N-dealkylation sites (N-methyl/N-ethyl adjacent to an activating group) is 1. The number of hydrogen-bond donors (Lipinski definition) is 2. The van der Waals surface area contributed by atoms with Gasteiger partial charge in [0.15, 0.2) is 0 Å². The molecule has 0 fully saturated rings. The van der Waals surface area contributed by atoms with Gasteiger partial charge in [-0.3, -0.25) is 4.79 Å². The van der Waals surface area contributed by atoms with E-state index in [0.29, 0.717) is 18.1 Å². The van der Waals surface area contributed by atoms with Gasteiger partial charge in [-0.1, -0.05) is 41.9 Å². The Balaban J connectivity index is 2.23. The fourth-order valence-corrected chi connectivity index (χ4v) is 3.82. The first-order valence-electron chi connectivity index (χ1n) is 8.14. The molecule has 0 saturated heterocycles. The molecule has 0 radical (unpaired) electrons. The first kappa shape index (κ1) is 20.4. The van der Waals surface area contributed by atoms with Gasteiger partial charge in [0.1, 0.15) is 0 Å². The van der Waals surface area contributed by atoms with E-state index in [1.54, 1.807) is 7.05 Å². The average molecular weight is 396 g/mol. The van der Waals surface area contributed by atoms with Crippen molar-refractivity contribution >= 4 is 27.5 Å². The highest BCUT2D eigenvalue weighted by molar-refractivity contribution is 7.89. The maximum absolute atomic E-state index is 13.0. The molecule has 0 saturated carbocycles. The van der Waals surface area contributed by atoms with Gasteiger partial charge in [-0.25, -0.2) is 8.42 Å². The normalized spacial score (nSPS) is 11.5.